The monoisotopic (exact) mass is 274 g/mol. The predicted octanol–water partition coefficient (Wildman–Crippen LogP) is 2.74. The second-order valence-electron chi connectivity index (χ2n) is 4.51. The second-order valence-corrected chi connectivity index (χ2v) is 5.49. The van der Waals surface area contributed by atoms with Crippen molar-refractivity contribution in [1.29, 1.82) is 0 Å². The van der Waals surface area contributed by atoms with Gasteiger partial charge in [0.15, 0.2) is 0 Å². The SMILES string of the molecule is Cc1ccc(CCC(=O)NCCc2nccs2)cc1. The summed E-state index contributed by atoms with van der Waals surface area (Å²) in [7, 11) is 0. The van der Waals surface area contributed by atoms with Gasteiger partial charge < -0.3 is 5.32 Å². The number of amides is 1. The summed E-state index contributed by atoms with van der Waals surface area (Å²) in [5.41, 5.74) is 2.46. The smallest absolute Gasteiger partial charge is 0.220 e. The molecule has 100 valence electrons. The van der Waals surface area contributed by atoms with Crippen molar-refractivity contribution >= 4 is 17.2 Å². The summed E-state index contributed by atoms with van der Waals surface area (Å²) in [5, 5.41) is 5.95. The largest absolute Gasteiger partial charge is 0.356 e. The second kappa shape index (κ2) is 7.04. The van der Waals surface area contributed by atoms with Crippen LogP contribution < -0.4 is 5.32 Å². The Morgan fingerprint density at radius 2 is 2.05 bits per heavy atom. The molecule has 1 aromatic heterocycles. The first-order chi connectivity index (χ1) is 9.24. The highest BCUT2D eigenvalue weighted by molar-refractivity contribution is 7.09. The molecule has 0 spiro atoms. The molecule has 0 radical (unpaired) electrons. The minimum Gasteiger partial charge on any atom is -0.356 e. The average Bonchev–Trinajstić information content (AvgIpc) is 2.91. The van der Waals surface area contributed by atoms with E-state index in [0.29, 0.717) is 13.0 Å². The van der Waals surface area contributed by atoms with E-state index in [0.717, 1.165) is 17.8 Å². The van der Waals surface area contributed by atoms with Gasteiger partial charge in [0, 0.05) is 31.0 Å². The van der Waals surface area contributed by atoms with Crippen LogP contribution in [0.4, 0.5) is 0 Å². The van der Waals surface area contributed by atoms with Gasteiger partial charge in [-0.05, 0) is 18.9 Å². The Morgan fingerprint density at radius 1 is 1.26 bits per heavy atom. The van der Waals surface area contributed by atoms with Crippen molar-refractivity contribution < 1.29 is 4.79 Å². The van der Waals surface area contributed by atoms with Crippen LogP contribution in [0, 0.1) is 6.92 Å². The summed E-state index contributed by atoms with van der Waals surface area (Å²) < 4.78 is 0. The molecule has 0 bridgehead atoms. The molecule has 0 aliphatic rings. The fourth-order valence-corrected chi connectivity index (χ4v) is 2.41. The molecule has 2 rings (SSSR count). The number of nitrogens with zero attached hydrogens (tertiary/aromatic N) is 1. The van der Waals surface area contributed by atoms with E-state index < -0.39 is 0 Å². The highest BCUT2D eigenvalue weighted by Crippen LogP contribution is 2.06. The molecule has 3 nitrogen and oxygen atoms in total. The molecule has 0 saturated carbocycles. The molecule has 0 unspecified atom stereocenters. The van der Waals surface area contributed by atoms with Crippen molar-refractivity contribution in [3.05, 3.63) is 52.0 Å². The fourth-order valence-electron chi connectivity index (χ4n) is 1.79. The maximum atomic E-state index is 11.7. The maximum Gasteiger partial charge on any atom is 0.220 e. The maximum absolute atomic E-state index is 11.7. The number of aromatic nitrogens is 1. The molecule has 2 aromatic rings. The number of aryl methyl sites for hydroxylation is 2. The first kappa shape index (κ1) is 13.7. The van der Waals surface area contributed by atoms with Crippen LogP contribution in [-0.4, -0.2) is 17.4 Å². The molecule has 19 heavy (non-hydrogen) atoms. The summed E-state index contributed by atoms with van der Waals surface area (Å²) in [6.07, 6.45) is 3.94. The minimum atomic E-state index is 0.108. The van der Waals surface area contributed by atoms with Gasteiger partial charge in [-0.15, -0.1) is 11.3 Å². The molecule has 0 saturated heterocycles. The van der Waals surface area contributed by atoms with Gasteiger partial charge in [-0.1, -0.05) is 29.8 Å². The molecular weight excluding hydrogens is 256 g/mol. The zero-order valence-electron chi connectivity index (χ0n) is 11.1. The molecule has 1 amide bonds. The number of benzene rings is 1. The number of carbonyl (C=O) groups is 1. The number of hydrogen-bond acceptors (Lipinski definition) is 3. The van der Waals surface area contributed by atoms with Crippen LogP contribution in [0.1, 0.15) is 22.6 Å². The third kappa shape index (κ3) is 4.83. The normalized spacial score (nSPS) is 10.4. The lowest BCUT2D eigenvalue weighted by molar-refractivity contribution is -0.121. The Kier molecular flexibility index (Phi) is 5.10. The molecule has 1 aromatic carbocycles. The summed E-state index contributed by atoms with van der Waals surface area (Å²) in [6.45, 7) is 2.73. The summed E-state index contributed by atoms with van der Waals surface area (Å²) in [5.74, 6) is 0.108. The summed E-state index contributed by atoms with van der Waals surface area (Å²) >= 11 is 1.62. The van der Waals surface area contributed by atoms with Gasteiger partial charge in [-0.25, -0.2) is 4.98 Å². The first-order valence-electron chi connectivity index (χ1n) is 6.44. The molecule has 4 heteroatoms. The van der Waals surface area contributed by atoms with Crippen LogP contribution in [0.15, 0.2) is 35.8 Å². The highest BCUT2D eigenvalue weighted by Gasteiger charge is 2.02. The Morgan fingerprint density at radius 3 is 2.74 bits per heavy atom. The average molecular weight is 274 g/mol. The first-order valence-corrected chi connectivity index (χ1v) is 7.32. The van der Waals surface area contributed by atoms with Crippen LogP contribution >= 0.6 is 11.3 Å². The Hall–Kier alpha value is -1.68. The van der Waals surface area contributed by atoms with Crippen molar-refractivity contribution in [2.75, 3.05) is 6.54 Å². The lowest BCUT2D eigenvalue weighted by atomic mass is 10.1. The van der Waals surface area contributed by atoms with E-state index in [1.54, 1.807) is 17.5 Å². The van der Waals surface area contributed by atoms with Gasteiger partial charge in [-0.2, -0.15) is 0 Å². The number of nitrogens with one attached hydrogen (secondary N) is 1. The zero-order chi connectivity index (χ0) is 13.5. The van der Waals surface area contributed by atoms with E-state index in [1.165, 1.54) is 11.1 Å². The Bertz CT molecular complexity index is 505. The number of thiazole rings is 1. The lowest BCUT2D eigenvalue weighted by Crippen LogP contribution is -2.25. The van der Waals surface area contributed by atoms with Gasteiger partial charge in [0.1, 0.15) is 0 Å². The van der Waals surface area contributed by atoms with E-state index in [-0.39, 0.29) is 5.91 Å². The molecule has 1 heterocycles. The van der Waals surface area contributed by atoms with Gasteiger partial charge in [0.2, 0.25) is 5.91 Å². The van der Waals surface area contributed by atoms with Crippen molar-refractivity contribution in [2.45, 2.75) is 26.2 Å². The van der Waals surface area contributed by atoms with Crippen LogP contribution in [0.2, 0.25) is 0 Å². The van der Waals surface area contributed by atoms with E-state index in [2.05, 4.69) is 41.5 Å². The summed E-state index contributed by atoms with van der Waals surface area (Å²) in [6, 6.07) is 8.32. The van der Waals surface area contributed by atoms with Crippen molar-refractivity contribution in [1.82, 2.24) is 10.3 Å². The number of rotatable bonds is 6. The Labute approximate surface area is 117 Å². The van der Waals surface area contributed by atoms with Crippen molar-refractivity contribution in [3.8, 4) is 0 Å². The van der Waals surface area contributed by atoms with Crippen LogP contribution in [0.25, 0.3) is 0 Å². The lowest BCUT2D eigenvalue weighted by Gasteiger charge is -2.04. The van der Waals surface area contributed by atoms with Gasteiger partial charge in [0.25, 0.3) is 0 Å². The van der Waals surface area contributed by atoms with Crippen LogP contribution in [0.5, 0.6) is 0 Å². The number of carbonyl (C=O) groups excluding carboxylic acids is 1. The summed E-state index contributed by atoms with van der Waals surface area (Å²) in [4.78, 5) is 15.9. The highest BCUT2D eigenvalue weighted by atomic mass is 32.1. The zero-order valence-corrected chi connectivity index (χ0v) is 11.9. The molecule has 1 N–H and O–H groups in total. The van der Waals surface area contributed by atoms with Gasteiger partial charge in [-0.3, -0.25) is 4.79 Å². The quantitative estimate of drug-likeness (QED) is 0.880. The molecule has 0 fully saturated rings. The predicted molar refractivity (Wildman–Crippen MR) is 78.3 cm³/mol. The fraction of sp³-hybridized carbons (Fsp3) is 0.333. The number of hydrogen-bond donors (Lipinski definition) is 1. The van der Waals surface area contributed by atoms with Gasteiger partial charge in [0.05, 0.1) is 5.01 Å². The third-order valence-corrected chi connectivity index (χ3v) is 3.75. The van der Waals surface area contributed by atoms with Gasteiger partial charge >= 0.3 is 0 Å². The van der Waals surface area contributed by atoms with Crippen LogP contribution in [0.3, 0.4) is 0 Å². The molecule has 0 atom stereocenters. The van der Waals surface area contributed by atoms with E-state index >= 15 is 0 Å². The molecule has 0 aliphatic heterocycles. The minimum absolute atomic E-state index is 0.108. The third-order valence-electron chi connectivity index (χ3n) is 2.91. The van der Waals surface area contributed by atoms with E-state index in [9.17, 15) is 4.79 Å². The van der Waals surface area contributed by atoms with Crippen molar-refractivity contribution in [3.63, 3.8) is 0 Å². The van der Waals surface area contributed by atoms with E-state index in [4.69, 9.17) is 0 Å². The topological polar surface area (TPSA) is 42.0 Å². The molecular formula is C15H18N2OS. The van der Waals surface area contributed by atoms with Crippen LogP contribution in [-0.2, 0) is 17.6 Å². The molecule has 0 aliphatic carbocycles. The van der Waals surface area contributed by atoms with E-state index in [1.807, 2.05) is 5.38 Å². The van der Waals surface area contributed by atoms with Crippen molar-refractivity contribution in [2.24, 2.45) is 0 Å². The Balaban J connectivity index is 1.65. The standard InChI is InChI=1S/C15H18N2OS/c1-12-2-4-13(5-3-12)6-7-14(18)16-9-8-15-17-10-11-19-15/h2-5,10-11H,6-9H2,1H3,(H,16,18).